The van der Waals surface area contributed by atoms with Gasteiger partial charge in [-0.15, -0.1) is 5.10 Å². The van der Waals surface area contributed by atoms with Gasteiger partial charge in [0.05, 0.1) is 11.7 Å². The van der Waals surface area contributed by atoms with Crippen LogP contribution >= 0.6 is 11.8 Å². The van der Waals surface area contributed by atoms with Crippen molar-refractivity contribution in [2.75, 3.05) is 7.11 Å². The van der Waals surface area contributed by atoms with E-state index in [1.807, 2.05) is 13.8 Å². The summed E-state index contributed by atoms with van der Waals surface area (Å²) in [7, 11) is 1.67. The molecule has 0 saturated heterocycles. The van der Waals surface area contributed by atoms with E-state index in [1.165, 1.54) is 17.8 Å². The molecule has 4 nitrogen and oxygen atoms in total. The second-order valence-electron chi connectivity index (χ2n) is 4.21. The first-order chi connectivity index (χ1) is 9.11. The quantitative estimate of drug-likeness (QED) is 0.855. The van der Waals surface area contributed by atoms with E-state index < -0.39 is 0 Å². The van der Waals surface area contributed by atoms with Gasteiger partial charge in [0.2, 0.25) is 5.16 Å². The van der Waals surface area contributed by atoms with Crippen LogP contribution in [0.4, 0.5) is 4.39 Å². The summed E-state index contributed by atoms with van der Waals surface area (Å²) in [6.45, 7) is 4.03. The topological polar surface area (TPSA) is 50.8 Å². The second kappa shape index (κ2) is 6.16. The molecular weight excluding hydrogens is 265 g/mol. The SMILES string of the molecule is COC(C)C(C)Sc1n[nH]c(-c2ccccc2F)n1. The second-order valence-corrected chi connectivity index (χ2v) is 5.55. The standard InChI is InChI=1S/C13H16FN3OS/c1-8(18-3)9(2)19-13-15-12(16-17-13)10-6-4-5-7-11(10)14/h4-9H,1-3H3,(H,15,16,17). The van der Waals surface area contributed by atoms with Crippen molar-refractivity contribution in [1.29, 1.82) is 0 Å². The van der Waals surface area contributed by atoms with E-state index in [0.717, 1.165) is 0 Å². The third-order valence-corrected chi connectivity index (χ3v) is 4.07. The lowest BCUT2D eigenvalue weighted by Crippen LogP contribution is -2.18. The van der Waals surface area contributed by atoms with Crippen molar-refractivity contribution < 1.29 is 9.13 Å². The summed E-state index contributed by atoms with van der Waals surface area (Å²) in [5, 5.41) is 7.67. The lowest BCUT2D eigenvalue weighted by Gasteiger charge is -2.15. The fourth-order valence-electron chi connectivity index (χ4n) is 1.53. The molecule has 0 aliphatic rings. The first kappa shape index (κ1) is 14.0. The Labute approximate surface area is 115 Å². The summed E-state index contributed by atoms with van der Waals surface area (Å²) < 4.78 is 18.9. The van der Waals surface area contributed by atoms with Crippen LogP contribution < -0.4 is 0 Å². The Hall–Kier alpha value is -1.40. The number of rotatable bonds is 5. The van der Waals surface area contributed by atoms with Crippen molar-refractivity contribution in [1.82, 2.24) is 15.2 Å². The molecule has 1 aromatic heterocycles. The van der Waals surface area contributed by atoms with Gasteiger partial charge < -0.3 is 4.74 Å². The molecule has 2 unspecified atom stereocenters. The molecule has 1 N–H and O–H groups in total. The molecule has 1 heterocycles. The molecule has 2 aromatic rings. The number of thioether (sulfide) groups is 1. The van der Waals surface area contributed by atoms with Crippen LogP contribution in [-0.2, 0) is 4.74 Å². The average Bonchev–Trinajstić information content (AvgIpc) is 2.86. The number of aromatic nitrogens is 3. The van der Waals surface area contributed by atoms with Gasteiger partial charge in [-0.25, -0.2) is 9.37 Å². The number of methoxy groups -OCH3 is 1. The Bertz CT molecular complexity index is 546. The maximum absolute atomic E-state index is 13.6. The molecule has 6 heteroatoms. The third-order valence-electron chi connectivity index (χ3n) is 2.92. The van der Waals surface area contributed by atoms with Crippen LogP contribution in [0.15, 0.2) is 29.4 Å². The fraction of sp³-hybridized carbons (Fsp3) is 0.385. The normalized spacial score (nSPS) is 14.3. The Morgan fingerprint density at radius 2 is 2.05 bits per heavy atom. The van der Waals surface area contributed by atoms with Gasteiger partial charge in [-0.3, -0.25) is 5.10 Å². The van der Waals surface area contributed by atoms with Crippen LogP contribution in [0.5, 0.6) is 0 Å². The highest BCUT2D eigenvalue weighted by Gasteiger charge is 2.16. The van der Waals surface area contributed by atoms with Gasteiger partial charge in [0.1, 0.15) is 5.82 Å². The van der Waals surface area contributed by atoms with Crippen molar-refractivity contribution in [3.8, 4) is 11.4 Å². The maximum Gasteiger partial charge on any atom is 0.209 e. The molecule has 0 bridgehead atoms. The first-order valence-electron chi connectivity index (χ1n) is 5.98. The van der Waals surface area contributed by atoms with Crippen LogP contribution in [0.25, 0.3) is 11.4 Å². The van der Waals surface area contributed by atoms with E-state index >= 15 is 0 Å². The van der Waals surface area contributed by atoms with Crippen LogP contribution in [0.3, 0.4) is 0 Å². The molecule has 0 saturated carbocycles. The minimum atomic E-state index is -0.312. The van der Waals surface area contributed by atoms with Gasteiger partial charge in [-0.2, -0.15) is 0 Å². The van der Waals surface area contributed by atoms with Crippen LogP contribution in [-0.4, -0.2) is 33.6 Å². The predicted molar refractivity (Wildman–Crippen MR) is 73.6 cm³/mol. The van der Waals surface area contributed by atoms with E-state index in [0.29, 0.717) is 16.5 Å². The molecule has 0 amide bonds. The maximum atomic E-state index is 13.6. The number of nitrogens with zero attached hydrogens (tertiary/aromatic N) is 2. The Balaban J connectivity index is 2.14. The Morgan fingerprint density at radius 1 is 1.32 bits per heavy atom. The highest BCUT2D eigenvalue weighted by Crippen LogP contribution is 2.25. The number of H-pyrrole nitrogens is 1. The highest BCUT2D eigenvalue weighted by atomic mass is 32.2. The largest absolute Gasteiger partial charge is 0.381 e. The lowest BCUT2D eigenvalue weighted by atomic mass is 10.2. The fourth-order valence-corrected chi connectivity index (χ4v) is 2.40. The number of aromatic amines is 1. The summed E-state index contributed by atoms with van der Waals surface area (Å²) in [6, 6.07) is 6.49. The minimum Gasteiger partial charge on any atom is -0.381 e. The van der Waals surface area contributed by atoms with Gasteiger partial charge >= 0.3 is 0 Å². The number of halogens is 1. The van der Waals surface area contributed by atoms with Crippen molar-refractivity contribution >= 4 is 11.8 Å². The minimum absolute atomic E-state index is 0.0976. The molecule has 0 radical (unpaired) electrons. The van der Waals surface area contributed by atoms with E-state index in [-0.39, 0.29) is 17.2 Å². The van der Waals surface area contributed by atoms with Crippen LogP contribution in [0, 0.1) is 5.82 Å². The predicted octanol–water partition coefficient (Wildman–Crippen LogP) is 3.13. The summed E-state index contributed by atoms with van der Waals surface area (Å²) >= 11 is 1.50. The third kappa shape index (κ3) is 3.33. The molecule has 102 valence electrons. The number of benzene rings is 1. The lowest BCUT2D eigenvalue weighted by molar-refractivity contribution is 0.119. The number of ether oxygens (including phenoxy) is 1. The zero-order valence-corrected chi connectivity index (χ0v) is 11.9. The Morgan fingerprint density at radius 3 is 2.74 bits per heavy atom. The van der Waals surface area contributed by atoms with E-state index in [1.54, 1.807) is 25.3 Å². The monoisotopic (exact) mass is 281 g/mol. The zero-order valence-electron chi connectivity index (χ0n) is 11.1. The number of nitrogens with one attached hydrogen (secondary N) is 1. The van der Waals surface area contributed by atoms with Crippen molar-refractivity contribution in [2.45, 2.75) is 30.4 Å². The molecule has 2 atom stereocenters. The van der Waals surface area contributed by atoms with E-state index in [2.05, 4.69) is 15.2 Å². The van der Waals surface area contributed by atoms with Gasteiger partial charge in [0, 0.05) is 12.4 Å². The molecule has 1 aromatic carbocycles. The van der Waals surface area contributed by atoms with Gasteiger partial charge in [0.25, 0.3) is 0 Å². The molecule has 0 spiro atoms. The highest BCUT2D eigenvalue weighted by molar-refractivity contribution is 7.99. The van der Waals surface area contributed by atoms with E-state index in [4.69, 9.17) is 4.74 Å². The van der Waals surface area contributed by atoms with Crippen molar-refractivity contribution in [3.63, 3.8) is 0 Å². The van der Waals surface area contributed by atoms with Gasteiger partial charge in [-0.05, 0) is 19.1 Å². The molecule has 0 fully saturated rings. The smallest absolute Gasteiger partial charge is 0.209 e. The van der Waals surface area contributed by atoms with E-state index in [9.17, 15) is 4.39 Å². The summed E-state index contributed by atoms with van der Waals surface area (Å²) in [5.74, 6) is 0.131. The Kier molecular flexibility index (Phi) is 4.55. The van der Waals surface area contributed by atoms with Crippen molar-refractivity contribution in [2.24, 2.45) is 0 Å². The first-order valence-corrected chi connectivity index (χ1v) is 6.86. The van der Waals surface area contributed by atoms with Gasteiger partial charge in [-0.1, -0.05) is 30.8 Å². The van der Waals surface area contributed by atoms with Crippen LogP contribution in [0.2, 0.25) is 0 Å². The summed E-state index contributed by atoms with van der Waals surface area (Å²) in [5.41, 5.74) is 0.425. The van der Waals surface area contributed by atoms with Crippen LogP contribution in [0.1, 0.15) is 13.8 Å². The molecule has 19 heavy (non-hydrogen) atoms. The molecular formula is C13H16FN3OS. The molecule has 2 rings (SSSR count). The summed E-state index contributed by atoms with van der Waals surface area (Å²) in [6.07, 6.45) is 0.0976. The van der Waals surface area contributed by atoms with Gasteiger partial charge in [0.15, 0.2) is 5.82 Å². The number of hydrogen-bond donors (Lipinski definition) is 1. The average molecular weight is 281 g/mol. The summed E-state index contributed by atoms with van der Waals surface area (Å²) in [4.78, 5) is 4.30. The number of hydrogen-bond acceptors (Lipinski definition) is 4. The molecule has 0 aliphatic heterocycles. The zero-order chi connectivity index (χ0) is 13.8. The van der Waals surface area contributed by atoms with Crippen molar-refractivity contribution in [3.05, 3.63) is 30.1 Å². The molecule has 0 aliphatic carbocycles.